The van der Waals surface area contributed by atoms with Crippen molar-refractivity contribution in [3.8, 4) is 0 Å². The van der Waals surface area contributed by atoms with Crippen molar-refractivity contribution in [2.24, 2.45) is 0 Å². The zero-order chi connectivity index (χ0) is 24.7. The van der Waals surface area contributed by atoms with E-state index < -0.39 is 0 Å². The van der Waals surface area contributed by atoms with Crippen LogP contribution in [0.4, 0.5) is 17.6 Å². The highest BCUT2D eigenvalue weighted by molar-refractivity contribution is 6.32. The van der Waals surface area contributed by atoms with Gasteiger partial charge >= 0.3 is 0 Å². The molecule has 0 atom stereocenters. The number of halogens is 1. The molecule has 2 aromatic heterocycles. The van der Waals surface area contributed by atoms with Gasteiger partial charge in [-0.2, -0.15) is 9.97 Å². The maximum atomic E-state index is 6.56. The van der Waals surface area contributed by atoms with Crippen LogP contribution in [0.25, 0.3) is 11.2 Å². The topological polar surface area (TPSA) is 107 Å². The lowest BCUT2D eigenvalue weighted by Crippen LogP contribution is -2.45. The molecule has 36 heavy (non-hydrogen) atoms. The number of nitrogens with zero attached hydrogens (tertiary/aromatic N) is 8. The van der Waals surface area contributed by atoms with E-state index in [9.17, 15) is 0 Å². The van der Waals surface area contributed by atoms with E-state index >= 15 is 0 Å². The summed E-state index contributed by atoms with van der Waals surface area (Å²) in [5.74, 6) is 1.86. The molecule has 3 aliphatic rings. The Morgan fingerprint density at radius 3 is 2.03 bits per heavy atom. The second kappa shape index (κ2) is 12.4. The van der Waals surface area contributed by atoms with Gasteiger partial charge in [-0.05, 0) is 7.05 Å². The zero-order valence-corrected chi connectivity index (χ0v) is 21.8. The quantitative estimate of drug-likeness (QED) is 0.475. The summed E-state index contributed by atoms with van der Waals surface area (Å²) in [5.41, 5.74) is 1.13. The number of fused-ring (bicyclic) bond motifs is 1. The molecule has 5 heterocycles. The Labute approximate surface area is 217 Å². The number of anilines is 3. The number of likely N-dealkylation sites (N-methyl/N-ethyl adjacent to an activating group) is 1. The SMILES string of the molecule is CN1CCN(CCNc2nc(N3CCOCC3)nc3nc(NCCN4CCOCC4)c(Cl)nc23)CC1. The lowest BCUT2D eigenvalue weighted by Gasteiger charge is -2.32. The molecule has 3 saturated heterocycles. The van der Waals surface area contributed by atoms with Crippen molar-refractivity contribution in [2.75, 3.05) is 128 Å². The Hall–Kier alpha value is -2.09. The van der Waals surface area contributed by atoms with Gasteiger partial charge in [-0.15, -0.1) is 0 Å². The molecule has 0 bridgehead atoms. The van der Waals surface area contributed by atoms with Crippen molar-refractivity contribution in [3.05, 3.63) is 5.15 Å². The van der Waals surface area contributed by atoms with Crippen LogP contribution in [0.5, 0.6) is 0 Å². The van der Waals surface area contributed by atoms with Crippen molar-refractivity contribution < 1.29 is 9.47 Å². The molecular weight excluding hydrogens is 484 g/mol. The van der Waals surface area contributed by atoms with E-state index in [2.05, 4.69) is 42.3 Å². The van der Waals surface area contributed by atoms with Gasteiger partial charge in [0.25, 0.3) is 0 Å². The second-order valence-corrected chi connectivity index (χ2v) is 9.82. The van der Waals surface area contributed by atoms with E-state index in [1.807, 2.05) is 0 Å². The highest BCUT2D eigenvalue weighted by atomic mass is 35.5. The number of hydrogen-bond acceptors (Lipinski definition) is 12. The summed E-state index contributed by atoms with van der Waals surface area (Å²) in [6, 6.07) is 0. The predicted molar refractivity (Wildman–Crippen MR) is 141 cm³/mol. The molecule has 0 aliphatic carbocycles. The molecule has 2 N–H and O–H groups in total. The number of nitrogens with one attached hydrogen (secondary N) is 2. The summed E-state index contributed by atoms with van der Waals surface area (Å²) in [6.45, 7) is 13.9. The van der Waals surface area contributed by atoms with Gasteiger partial charge in [-0.3, -0.25) is 9.80 Å². The molecule has 0 radical (unpaired) electrons. The minimum absolute atomic E-state index is 0.328. The lowest BCUT2D eigenvalue weighted by molar-refractivity contribution is 0.0398. The molecule has 0 aromatic carbocycles. The first-order valence-corrected chi connectivity index (χ1v) is 13.3. The standard InChI is InChI=1S/C23H37ClN10O2/c1-31-6-8-32(9-7-31)4-2-25-20-18-21(30-23(29-20)34-12-16-36-17-13-34)28-22(19(24)27-18)26-3-5-33-10-14-35-15-11-33/h2-17H2,1H3,(H2,25,26,28,29,30). The molecule has 5 rings (SSSR count). The first-order chi connectivity index (χ1) is 17.7. The van der Waals surface area contributed by atoms with E-state index in [1.54, 1.807) is 0 Å². The maximum Gasteiger partial charge on any atom is 0.229 e. The first-order valence-electron chi connectivity index (χ1n) is 12.9. The van der Waals surface area contributed by atoms with Gasteiger partial charge in [0.2, 0.25) is 5.95 Å². The smallest absolute Gasteiger partial charge is 0.229 e. The average molecular weight is 521 g/mol. The number of aromatic nitrogens is 4. The van der Waals surface area contributed by atoms with Crippen LogP contribution in [0.1, 0.15) is 0 Å². The van der Waals surface area contributed by atoms with Gasteiger partial charge in [0.05, 0.1) is 26.4 Å². The number of ether oxygens (including phenoxy) is 2. The van der Waals surface area contributed by atoms with Crippen LogP contribution in [0.15, 0.2) is 0 Å². The van der Waals surface area contributed by atoms with Gasteiger partial charge < -0.3 is 29.9 Å². The highest BCUT2D eigenvalue weighted by Gasteiger charge is 2.20. The van der Waals surface area contributed by atoms with Gasteiger partial charge in [0, 0.05) is 78.5 Å². The second-order valence-electron chi connectivity index (χ2n) is 9.46. The Balaban J connectivity index is 1.31. The molecular formula is C23H37ClN10O2. The fourth-order valence-electron chi connectivity index (χ4n) is 4.62. The minimum atomic E-state index is 0.328. The number of piperazine rings is 1. The molecule has 0 unspecified atom stereocenters. The van der Waals surface area contributed by atoms with Crippen molar-refractivity contribution in [1.82, 2.24) is 34.6 Å². The highest BCUT2D eigenvalue weighted by Crippen LogP contribution is 2.26. The monoisotopic (exact) mass is 520 g/mol. The Bertz CT molecular complexity index is 995. The van der Waals surface area contributed by atoms with Crippen molar-refractivity contribution in [1.29, 1.82) is 0 Å². The Morgan fingerprint density at radius 1 is 0.722 bits per heavy atom. The van der Waals surface area contributed by atoms with Crippen molar-refractivity contribution in [2.45, 2.75) is 0 Å². The third-order valence-electron chi connectivity index (χ3n) is 6.91. The molecule has 2 aromatic rings. The summed E-state index contributed by atoms with van der Waals surface area (Å²) < 4.78 is 10.9. The Morgan fingerprint density at radius 2 is 1.33 bits per heavy atom. The average Bonchev–Trinajstić information content (AvgIpc) is 2.91. The fourth-order valence-corrected chi connectivity index (χ4v) is 4.81. The summed E-state index contributed by atoms with van der Waals surface area (Å²) in [7, 11) is 2.17. The third kappa shape index (κ3) is 6.61. The van der Waals surface area contributed by atoms with Gasteiger partial charge in [0.1, 0.15) is 0 Å². The molecule has 12 nitrogen and oxygen atoms in total. The van der Waals surface area contributed by atoms with Crippen LogP contribution < -0.4 is 15.5 Å². The van der Waals surface area contributed by atoms with Crippen molar-refractivity contribution >= 4 is 40.3 Å². The summed E-state index contributed by atoms with van der Waals surface area (Å²) in [4.78, 5) is 28.4. The lowest BCUT2D eigenvalue weighted by atomic mass is 10.3. The van der Waals surface area contributed by atoms with Crippen molar-refractivity contribution in [3.63, 3.8) is 0 Å². The Kier molecular flexibility index (Phi) is 8.83. The summed E-state index contributed by atoms with van der Waals surface area (Å²) in [6.07, 6.45) is 0. The molecule has 198 valence electrons. The third-order valence-corrected chi connectivity index (χ3v) is 7.17. The molecule has 0 saturated carbocycles. The molecule has 0 spiro atoms. The predicted octanol–water partition coefficient (Wildman–Crippen LogP) is 0.313. The number of rotatable bonds is 9. The van der Waals surface area contributed by atoms with E-state index in [4.69, 9.17) is 36.0 Å². The fraction of sp³-hybridized carbons (Fsp3) is 0.739. The van der Waals surface area contributed by atoms with Gasteiger partial charge in [0.15, 0.2) is 28.0 Å². The molecule has 3 fully saturated rings. The summed E-state index contributed by atoms with van der Waals surface area (Å²) in [5, 5.41) is 7.17. The normalized spacial score (nSPS) is 20.7. The van der Waals surface area contributed by atoms with E-state index in [1.165, 1.54) is 0 Å². The zero-order valence-electron chi connectivity index (χ0n) is 21.1. The van der Waals surface area contributed by atoms with E-state index in [0.717, 1.165) is 91.8 Å². The van der Waals surface area contributed by atoms with Crippen LogP contribution in [0, 0.1) is 0 Å². The molecule has 13 heteroatoms. The van der Waals surface area contributed by atoms with Crippen LogP contribution >= 0.6 is 11.6 Å². The van der Waals surface area contributed by atoms with E-state index in [-0.39, 0.29) is 0 Å². The number of morpholine rings is 2. The van der Waals surface area contributed by atoms with E-state index in [0.29, 0.717) is 47.1 Å². The maximum absolute atomic E-state index is 6.56. The minimum Gasteiger partial charge on any atom is -0.379 e. The molecule has 0 amide bonds. The van der Waals surface area contributed by atoms with Crippen LogP contribution in [-0.2, 0) is 9.47 Å². The van der Waals surface area contributed by atoms with Gasteiger partial charge in [-0.25, -0.2) is 9.97 Å². The van der Waals surface area contributed by atoms with Crippen LogP contribution in [0.3, 0.4) is 0 Å². The van der Waals surface area contributed by atoms with Gasteiger partial charge in [-0.1, -0.05) is 11.6 Å². The largest absolute Gasteiger partial charge is 0.379 e. The van der Waals surface area contributed by atoms with Crippen LogP contribution in [-0.4, -0.2) is 147 Å². The first kappa shape index (κ1) is 25.6. The van der Waals surface area contributed by atoms with Crippen LogP contribution in [0.2, 0.25) is 5.15 Å². The number of hydrogen-bond donors (Lipinski definition) is 2. The molecule has 3 aliphatic heterocycles. The summed E-state index contributed by atoms with van der Waals surface area (Å²) >= 11 is 6.56.